The Hall–Kier alpha value is -2.32. The Labute approximate surface area is 176 Å². The molecule has 2 aliphatic rings. The number of methoxy groups -OCH3 is 1. The number of ether oxygens (including phenoxy) is 1. The molecule has 2 saturated heterocycles. The van der Waals surface area contributed by atoms with E-state index in [1.165, 1.54) is 19.2 Å². The van der Waals surface area contributed by atoms with Crippen LogP contribution in [0.1, 0.15) is 29.4 Å². The molecule has 3 heterocycles. The molecule has 9 heteroatoms. The Bertz CT molecular complexity index is 832. The van der Waals surface area contributed by atoms with Crippen molar-refractivity contribution >= 4 is 24.0 Å². The average molecular weight is 424 g/mol. The van der Waals surface area contributed by atoms with Crippen molar-refractivity contribution in [3.63, 3.8) is 0 Å². The van der Waals surface area contributed by atoms with Crippen LogP contribution < -0.4 is 15.0 Å². The summed E-state index contributed by atoms with van der Waals surface area (Å²) in [6, 6.07) is 6.68. The third-order valence-electron chi connectivity index (χ3n) is 5.52. The largest absolute Gasteiger partial charge is 0.494 e. The molecule has 0 spiro atoms. The van der Waals surface area contributed by atoms with Gasteiger partial charge in [0.05, 0.1) is 18.8 Å². The van der Waals surface area contributed by atoms with Gasteiger partial charge in [-0.3, -0.25) is 9.48 Å². The zero-order chi connectivity index (χ0) is 19.5. The van der Waals surface area contributed by atoms with E-state index in [0.717, 1.165) is 31.6 Å². The number of piperidine rings is 1. The van der Waals surface area contributed by atoms with Gasteiger partial charge in [-0.1, -0.05) is 0 Å². The normalized spacial score (nSPS) is 19.6. The standard InChI is InChI=1S/C20H26FN5O2.ClH/c1-28-19-13-15(21)4-5-18(19)24-9-11-25(12-10-24)20(27)17-6-8-26(23-17)16-3-2-7-22-14-16;/h4-6,8,13,16,22H,2-3,7,9-12,14H2,1H3;1H. The number of anilines is 1. The first-order chi connectivity index (χ1) is 13.7. The van der Waals surface area contributed by atoms with E-state index < -0.39 is 0 Å². The maximum atomic E-state index is 13.4. The Morgan fingerprint density at radius 1 is 1.24 bits per heavy atom. The molecule has 1 atom stereocenters. The summed E-state index contributed by atoms with van der Waals surface area (Å²) >= 11 is 0. The van der Waals surface area contributed by atoms with E-state index in [0.29, 0.717) is 43.7 Å². The fourth-order valence-corrected chi connectivity index (χ4v) is 3.94. The van der Waals surface area contributed by atoms with E-state index >= 15 is 0 Å². The van der Waals surface area contributed by atoms with Crippen molar-refractivity contribution in [3.05, 3.63) is 42.0 Å². The lowest BCUT2D eigenvalue weighted by atomic mass is 10.1. The predicted molar refractivity (Wildman–Crippen MR) is 112 cm³/mol. The maximum Gasteiger partial charge on any atom is 0.274 e. The van der Waals surface area contributed by atoms with Gasteiger partial charge in [0.1, 0.15) is 17.3 Å². The van der Waals surface area contributed by atoms with Crippen molar-refractivity contribution < 1.29 is 13.9 Å². The summed E-state index contributed by atoms with van der Waals surface area (Å²) in [4.78, 5) is 16.8. The minimum Gasteiger partial charge on any atom is -0.494 e. The molecule has 4 rings (SSSR count). The van der Waals surface area contributed by atoms with E-state index in [9.17, 15) is 9.18 Å². The fraction of sp³-hybridized carbons (Fsp3) is 0.500. The number of carbonyl (C=O) groups is 1. The summed E-state index contributed by atoms with van der Waals surface area (Å²) in [5, 5.41) is 7.91. The molecule has 2 aliphatic heterocycles. The van der Waals surface area contributed by atoms with Crippen LogP contribution in [0.25, 0.3) is 0 Å². The number of aromatic nitrogens is 2. The van der Waals surface area contributed by atoms with Crippen LogP contribution in [0.4, 0.5) is 10.1 Å². The summed E-state index contributed by atoms with van der Waals surface area (Å²) in [5.41, 5.74) is 1.35. The number of hydrogen-bond donors (Lipinski definition) is 1. The van der Waals surface area contributed by atoms with Crippen LogP contribution >= 0.6 is 12.4 Å². The highest BCUT2D eigenvalue weighted by molar-refractivity contribution is 5.92. The number of nitrogens with zero attached hydrogens (tertiary/aromatic N) is 4. The second kappa shape index (κ2) is 9.45. The quantitative estimate of drug-likeness (QED) is 0.817. The number of rotatable bonds is 4. The number of hydrogen-bond acceptors (Lipinski definition) is 5. The summed E-state index contributed by atoms with van der Waals surface area (Å²) in [6.45, 7) is 4.47. The highest BCUT2D eigenvalue weighted by Crippen LogP contribution is 2.29. The molecule has 0 bridgehead atoms. The van der Waals surface area contributed by atoms with E-state index in [1.54, 1.807) is 6.07 Å². The first kappa shape index (κ1) is 21.4. The van der Waals surface area contributed by atoms with Crippen LogP contribution in [-0.2, 0) is 0 Å². The zero-order valence-electron chi connectivity index (χ0n) is 16.5. The molecule has 0 radical (unpaired) electrons. The summed E-state index contributed by atoms with van der Waals surface area (Å²) in [5.74, 6) is 0.158. The Morgan fingerprint density at radius 2 is 2.03 bits per heavy atom. The average Bonchev–Trinajstić information content (AvgIpc) is 3.24. The molecule has 1 amide bonds. The van der Waals surface area contributed by atoms with Crippen molar-refractivity contribution in [2.45, 2.75) is 18.9 Å². The number of carbonyl (C=O) groups excluding carboxylic acids is 1. The number of piperazine rings is 1. The van der Waals surface area contributed by atoms with Crippen molar-refractivity contribution in [1.82, 2.24) is 20.0 Å². The van der Waals surface area contributed by atoms with Crippen molar-refractivity contribution in [3.8, 4) is 5.75 Å². The molecular formula is C20H27ClFN5O2. The van der Waals surface area contributed by atoms with E-state index in [2.05, 4.69) is 15.3 Å². The molecule has 0 saturated carbocycles. The van der Waals surface area contributed by atoms with Crippen LogP contribution in [-0.4, -0.2) is 67.0 Å². The van der Waals surface area contributed by atoms with Gasteiger partial charge in [-0.05, 0) is 37.6 Å². The molecule has 29 heavy (non-hydrogen) atoms. The first-order valence-corrected chi connectivity index (χ1v) is 9.79. The number of benzene rings is 1. The van der Waals surface area contributed by atoms with Gasteiger partial charge >= 0.3 is 0 Å². The molecule has 1 N–H and O–H groups in total. The van der Waals surface area contributed by atoms with Gasteiger partial charge in [0, 0.05) is 45.0 Å². The van der Waals surface area contributed by atoms with E-state index in [1.807, 2.05) is 21.8 Å². The molecule has 0 aliphatic carbocycles. The van der Waals surface area contributed by atoms with Gasteiger partial charge in [0.15, 0.2) is 0 Å². The lowest BCUT2D eigenvalue weighted by Crippen LogP contribution is -2.49. The fourth-order valence-electron chi connectivity index (χ4n) is 3.94. The van der Waals surface area contributed by atoms with Gasteiger partial charge in [-0.25, -0.2) is 4.39 Å². The van der Waals surface area contributed by atoms with Gasteiger partial charge in [0.25, 0.3) is 5.91 Å². The smallest absolute Gasteiger partial charge is 0.274 e. The number of halogens is 2. The maximum absolute atomic E-state index is 13.4. The molecule has 1 aromatic carbocycles. The Balaban J connectivity index is 0.00000240. The lowest BCUT2D eigenvalue weighted by molar-refractivity contribution is 0.0739. The summed E-state index contributed by atoms with van der Waals surface area (Å²) in [6.07, 6.45) is 4.12. The van der Waals surface area contributed by atoms with Crippen LogP contribution in [0.2, 0.25) is 0 Å². The van der Waals surface area contributed by atoms with Gasteiger partial charge in [-0.2, -0.15) is 5.10 Å². The Morgan fingerprint density at radius 3 is 2.72 bits per heavy atom. The van der Waals surface area contributed by atoms with E-state index in [-0.39, 0.29) is 24.1 Å². The van der Waals surface area contributed by atoms with Gasteiger partial charge in [0.2, 0.25) is 0 Å². The molecule has 158 valence electrons. The highest BCUT2D eigenvalue weighted by atomic mass is 35.5. The highest BCUT2D eigenvalue weighted by Gasteiger charge is 2.26. The third kappa shape index (κ3) is 4.64. The first-order valence-electron chi connectivity index (χ1n) is 9.79. The minimum atomic E-state index is -0.321. The van der Waals surface area contributed by atoms with Crippen LogP contribution in [0, 0.1) is 5.82 Å². The minimum absolute atomic E-state index is 0. The summed E-state index contributed by atoms with van der Waals surface area (Å²) < 4.78 is 20.6. The molecule has 1 unspecified atom stereocenters. The number of nitrogens with one attached hydrogen (secondary N) is 1. The second-order valence-corrected chi connectivity index (χ2v) is 7.28. The zero-order valence-corrected chi connectivity index (χ0v) is 17.3. The molecule has 2 fully saturated rings. The van der Waals surface area contributed by atoms with Crippen molar-refractivity contribution in [2.75, 3.05) is 51.3 Å². The van der Waals surface area contributed by atoms with Gasteiger partial charge < -0.3 is 19.9 Å². The number of amides is 1. The predicted octanol–water partition coefficient (Wildman–Crippen LogP) is 2.34. The molecular weight excluding hydrogens is 397 g/mol. The van der Waals surface area contributed by atoms with Gasteiger partial charge in [-0.15, -0.1) is 12.4 Å². The van der Waals surface area contributed by atoms with Crippen LogP contribution in [0.15, 0.2) is 30.5 Å². The van der Waals surface area contributed by atoms with Crippen molar-refractivity contribution in [2.24, 2.45) is 0 Å². The van der Waals surface area contributed by atoms with E-state index in [4.69, 9.17) is 4.74 Å². The molecule has 1 aromatic heterocycles. The monoisotopic (exact) mass is 423 g/mol. The topological polar surface area (TPSA) is 62.6 Å². The van der Waals surface area contributed by atoms with Crippen LogP contribution in [0.5, 0.6) is 5.75 Å². The molecule has 2 aromatic rings. The Kier molecular flexibility index (Phi) is 6.97. The third-order valence-corrected chi connectivity index (χ3v) is 5.52. The SMILES string of the molecule is COc1cc(F)ccc1N1CCN(C(=O)c2ccn(C3CCCNC3)n2)CC1.Cl. The van der Waals surface area contributed by atoms with Crippen molar-refractivity contribution in [1.29, 1.82) is 0 Å². The lowest BCUT2D eigenvalue weighted by Gasteiger charge is -2.36. The second-order valence-electron chi connectivity index (χ2n) is 7.28. The van der Waals surface area contributed by atoms with Crippen LogP contribution in [0.3, 0.4) is 0 Å². The summed E-state index contributed by atoms with van der Waals surface area (Å²) in [7, 11) is 1.54. The molecule has 7 nitrogen and oxygen atoms in total.